The number of rotatable bonds is 3. The van der Waals surface area contributed by atoms with Crippen LogP contribution in [0.3, 0.4) is 0 Å². The van der Waals surface area contributed by atoms with Gasteiger partial charge < -0.3 is 9.84 Å². The van der Waals surface area contributed by atoms with Gasteiger partial charge in [0, 0.05) is 6.04 Å². The van der Waals surface area contributed by atoms with Crippen LogP contribution in [0.15, 0.2) is 22.7 Å². The molecule has 8 nitrogen and oxygen atoms in total. The van der Waals surface area contributed by atoms with E-state index in [-0.39, 0.29) is 33.6 Å². The highest BCUT2D eigenvalue weighted by atomic mass is 35.5. The molecule has 3 N–H and O–H groups in total. The molecule has 0 unspecified atom stereocenters. The Morgan fingerprint density at radius 1 is 1.19 bits per heavy atom. The van der Waals surface area contributed by atoms with E-state index in [0.29, 0.717) is 0 Å². The number of nitrogens with zero attached hydrogens (tertiary/aromatic N) is 1. The Bertz CT molecular complexity index is 846. The van der Waals surface area contributed by atoms with Crippen molar-refractivity contribution < 1.29 is 23.3 Å². The van der Waals surface area contributed by atoms with Gasteiger partial charge in [-0.2, -0.15) is 0 Å². The second-order valence-corrected chi connectivity index (χ2v) is 6.00. The monoisotopic (exact) mass is 382 g/mol. The SMILES string of the molecule is Cc1onc(-c2c(F)cccc2Cl)c1C(=O)NNC(=O)C(=O)NC(C)C. The van der Waals surface area contributed by atoms with Crippen LogP contribution in [0.4, 0.5) is 4.39 Å². The van der Waals surface area contributed by atoms with Gasteiger partial charge in [-0.3, -0.25) is 25.2 Å². The Labute approximate surface area is 153 Å². The van der Waals surface area contributed by atoms with Crippen molar-refractivity contribution in [2.75, 3.05) is 0 Å². The van der Waals surface area contributed by atoms with Gasteiger partial charge in [-0.05, 0) is 32.9 Å². The number of carbonyl (C=O) groups is 3. The van der Waals surface area contributed by atoms with Crippen LogP contribution in [0.2, 0.25) is 5.02 Å². The molecule has 0 aliphatic carbocycles. The molecule has 0 fully saturated rings. The summed E-state index contributed by atoms with van der Waals surface area (Å²) in [5, 5.41) is 6.08. The van der Waals surface area contributed by atoms with Crippen molar-refractivity contribution in [3.63, 3.8) is 0 Å². The lowest BCUT2D eigenvalue weighted by Crippen LogP contribution is -2.49. The lowest BCUT2D eigenvalue weighted by atomic mass is 10.1. The summed E-state index contributed by atoms with van der Waals surface area (Å²) in [7, 11) is 0. The lowest BCUT2D eigenvalue weighted by Gasteiger charge is -2.10. The molecule has 138 valence electrons. The number of aromatic nitrogens is 1. The molecule has 1 aromatic carbocycles. The maximum Gasteiger partial charge on any atom is 0.327 e. The minimum Gasteiger partial charge on any atom is -0.360 e. The van der Waals surface area contributed by atoms with Crippen molar-refractivity contribution in [1.82, 2.24) is 21.3 Å². The largest absolute Gasteiger partial charge is 0.360 e. The number of amides is 3. The zero-order valence-electron chi connectivity index (χ0n) is 14.1. The first-order chi connectivity index (χ1) is 12.2. The third-order valence-corrected chi connectivity index (χ3v) is 3.52. The average molecular weight is 383 g/mol. The van der Waals surface area contributed by atoms with Gasteiger partial charge in [-0.25, -0.2) is 4.39 Å². The summed E-state index contributed by atoms with van der Waals surface area (Å²) in [5.74, 6) is -3.44. The summed E-state index contributed by atoms with van der Waals surface area (Å²) in [4.78, 5) is 35.5. The minimum atomic E-state index is -1.06. The molecule has 10 heteroatoms. The first-order valence-corrected chi connectivity index (χ1v) is 7.92. The van der Waals surface area contributed by atoms with Gasteiger partial charge in [0.25, 0.3) is 5.91 Å². The third kappa shape index (κ3) is 4.17. The first-order valence-electron chi connectivity index (χ1n) is 7.54. The minimum absolute atomic E-state index is 0.0349. The molecule has 2 aromatic rings. The molecule has 0 saturated carbocycles. The highest BCUT2D eigenvalue weighted by Gasteiger charge is 2.26. The van der Waals surface area contributed by atoms with Gasteiger partial charge in [-0.1, -0.05) is 22.8 Å². The number of benzene rings is 1. The fourth-order valence-electron chi connectivity index (χ4n) is 2.09. The number of carbonyl (C=O) groups excluding carboxylic acids is 3. The summed E-state index contributed by atoms with van der Waals surface area (Å²) in [6, 6.07) is 3.75. The molecular formula is C16H16ClFN4O4. The Morgan fingerprint density at radius 2 is 1.88 bits per heavy atom. The quantitative estimate of drug-likeness (QED) is 0.552. The second kappa shape index (κ2) is 7.96. The maximum absolute atomic E-state index is 14.1. The predicted octanol–water partition coefficient (Wildman–Crippen LogP) is 1.73. The highest BCUT2D eigenvalue weighted by molar-refractivity contribution is 6.35. The van der Waals surface area contributed by atoms with Crippen LogP contribution in [0.1, 0.15) is 30.0 Å². The molecule has 0 radical (unpaired) electrons. The van der Waals surface area contributed by atoms with Crippen LogP contribution in [0.25, 0.3) is 11.3 Å². The first kappa shape index (κ1) is 19.4. The molecule has 0 spiro atoms. The Hall–Kier alpha value is -2.94. The molecular weight excluding hydrogens is 367 g/mol. The van der Waals surface area contributed by atoms with E-state index < -0.39 is 23.5 Å². The standard InChI is InChI=1S/C16H16ClFN4O4/c1-7(2)19-15(24)16(25)21-20-14(23)11-8(3)26-22-13(11)12-9(17)5-4-6-10(12)18/h4-7H,1-3H3,(H,19,24)(H,20,23)(H,21,25). The molecule has 0 atom stereocenters. The molecule has 1 aromatic heterocycles. The van der Waals surface area contributed by atoms with Gasteiger partial charge >= 0.3 is 11.8 Å². The average Bonchev–Trinajstić information content (AvgIpc) is 2.93. The van der Waals surface area contributed by atoms with Gasteiger partial charge in [0.05, 0.1) is 10.6 Å². The number of hydrogen-bond acceptors (Lipinski definition) is 5. The molecule has 3 amide bonds. The van der Waals surface area contributed by atoms with Crippen LogP contribution in [0, 0.1) is 12.7 Å². The summed E-state index contributed by atoms with van der Waals surface area (Å²) in [5.41, 5.74) is 3.67. The zero-order valence-corrected chi connectivity index (χ0v) is 14.9. The summed E-state index contributed by atoms with van der Waals surface area (Å²) >= 11 is 5.99. The van der Waals surface area contributed by atoms with E-state index >= 15 is 0 Å². The highest BCUT2D eigenvalue weighted by Crippen LogP contribution is 2.33. The second-order valence-electron chi connectivity index (χ2n) is 5.60. The maximum atomic E-state index is 14.1. The Balaban J connectivity index is 2.22. The van der Waals surface area contributed by atoms with Crippen molar-refractivity contribution in [3.05, 3.63) is 40.4 Å². The van der Waals surface area contributed by atoms with Gasteiger partial charge in [-0.15, -0.1) is 0 Å². The van der Waals surface area contributed by atoms with Crippen molar-refractivity contribution in [2.24, 2.45) is 0 Å². The number of hydrazine groups is 1. The molecule has 0 saturated heterocycles. The van der Waals surface area contributed by atoms with E-state index in [1.165, 1.54) is 19.1 Å². The van der Waals surface area contributed by atoms with E-state index in [2.05, 4.69) is 15.9 Å². The van der Waals surface area contributed by atoms with Gasteiger partial charge in [0.1, 0.15) is 22.8 Å². The van der Waals surface area contributed by atoms with E-state index in [1.54, 1.807) is 13.8 Å². The Morgan fingerprint density at radius 3 is 2.50 bits per heavy atom. The molecule has 0 aliphatic rings. The molecule has 0 aliphatic heterocycles. The van der Waals surface area contributed by atoms with E-state index in [0.717, 1.165) is 6.07 Å². The fraction of sp³-hybridized carbons (Fsp3) is 0.250. The lowest BCUT2D eigenvalue weighted by molar-refractivity contribution is -0.139. The molecule has 1 heterocycles. The fourth-order valence-corrected chi connectivity index (χ4v) is 2.35. The van der Waals surface area contributed by atoms with E-state index in [1.807, 2.05) is 5.43 Å². The smallest absolute Gasteiger partial charge is 0.327 e. The number of nitrogens with one attached hydrogen (secondary N) is 3. The normalized spacial score (nSPS) is 10.5. The van der Waals surface area contributed by atoms with Crippen molar-refractivity contribution in [1.29, 1.82) is 0 Å². The van der Waals surface area contributed by atoms with Crippen molar-refractivity contribution in [2.45, 2.75) is 26.8 Å². The van der Waals surface area contributed by atoms with Crippen LogP contribution >= 0.6 is 11.6 Å². The summed E-state index contributed by atoms with van der Waals surface area (Å²) in [6.07, 6.45) is 0. The number of hydrogen-bond donors (Lipinski definition) is 3. The summed E-state index contributed by atoms with van der Waals surface area (Å²) in [6.45, 7) is 4.79. The van der Waals surface area contributed by atoms with E-state index in [9.17, 15) is 18.8 Å². The topological polar surface area (TPSA) is 113 Å². The van der Waals surface area contributed by atoms with Crippen molar-refractivity contribution in [3.8, 4) is 11.3 Å². The van der Waals surface area contributed by atoms with Gasteiger partial charge in [0.15, 0.2) is 0 Å². The van der Waals surface area contributed by atoms with Crippen LogP contribution in [0.5, 0.6) is 0 Å². The number of aryl methyl sites for hydroxylation is 1. The zero-order chi connectivity index (χ0) is 19.4. The predicted molar refractivity (Wildman–Crippen MR) is 90.5 cm³/mol. The summed E-state index contributed by atoms with van der Waals surface area (Å²) < 4.78 is 19.1. The van der Waals surface area contributed by atoms with Crippen molar-refractivity contribution >= 4 is 29.3 Å². The molecule has 0 bridgehead atoms. The Kier molecular flexibility index (Phi) is 5.93. The van der Waals surface area contributed by atoms with Crippen LogP contribution in [-0.2, 0) is 9.59 Å². The van der Waals surface area contributed by atoms with Crippen LogP contribution < -0.4 is 16.2 Å². The third-order valence-electron chi connectivity index (χ3n) is 3.20. The number of halogens is 2. The molecule has 26 heavy (non-hydrogen) atoms. The van der Waals surface area contributed by atoms with Crippen LogP contribution in [-0.4, -0.2) is 28.9 Å². The molecule has 2 rings (SSSR count). The van der Waals surface area contributed by atoms with E-state index in [4.69, 9.17) is 16.1 Å². The van der Waals surface area contributed by atoms with Gasteiger partial charge in [0.2, 0.25) is 0 Å².